The van der Waals surface area contributed by atoms with Crippen LogP contribution in [0.2, 0.25) is 0 Å². The van der Waals surface area contributed by atoms with Gasteiger partial charge in [0, 0.05) is 16.9 Å². The predicted molar refractivity (Wildman–Crippen MR) is 93.4 cm³/mol. The molecular weight excluding hydrogens is 312 g/mol. The van der Waals surface area contributed by atoms with Crippen molar-refractivity contribution in [2.45, 2.75) is 19.8 Å². The summed E-state index contributed by atoms with van der Waals surface area (Å²) in [5.41, 5.74) is 2.73. The predicted octanol–water partition coefficient (Wildman–Crippen LogP) is 3.43. The molecule has 0 aliphatic rings. The fraction of sp³-hybridized carbons (Fsp3) is 0.235. The number of nitrogens with one attached hydrogen (secondary N) is 2. The summed E-state index contributed by atoms with van der Waals surface area (Å²) in [5.74, 6) is 0.0665. The minimum Gasteiger partial charge on any atom is -0.322 e. The average Bonchev–Trinajstić information content (AvgIpc) is 2.46. The lowest BCUT2D eigenvalue weighted by atomic mass is 10.0. The second-order valence-corrected chi connectivity index (χ2v) is 7.40. The highest BCUT2D eigenvalue weighted by Crippen LogP contribution is 2.24. The molecular formula is C17H20N2O3S. The summed E-state index contributed by atoms with van der Waals surface area (Å²) >= 11 is 0. The van der Waals surface area contributed by atoms with Crippen molar-refractivity contribution in [3.05, 3.63) is 59.7 Å². The summed E-state index contributed by atoms with van der Waals surface area (Å²) in [4.78, 5) is 12.3. The maximum absolute atomic E-state index is 12.3. The Morgan fingerprint density at radius 2 is 1.61 bits per heavy atom. The Morgan fingerprint density at radius 1 is 1.00 bits per heavy atom. The standard InChI is InChI=1S/C17H20N2O3S/c1-12(2)15-6-4-5-7-16(15)18-17(20)13-8-10-14(11-9-13)19-23(3,21)22/h4-12,19H,1-3H3,(H,18,20). The van der Waals surface area contributed by atoms with Crippen LogP contribution < -0.4 is 10.0 Å². The molecule has 1 amide bonds. The first-order valence-electron chi connectivity index (χ1n) is 7.24. The van der Waals surface area contributed by atoms with Crippen LogP contribution in [0.1, 0.15) is 35.7 Å². The molecule has 0 saturated heterocycles. The highest BCUT2D eigenvalue weighted by Gasteiger charge is 2.11. The van der Waals surface area contributed by atoms with Crippen molar-refractivity contribution in [1.82, 2.24) is 0 Å². The third kappa shape index (κ3) is 4.82. The fourth-order valence-electron chi connectivity index (χ4n) is 2.21. The van der Waals surface area contributed by atoms with Crippen molar-refractivity contribution in [3.8, 4) is 0 Å². The lowest BCUT2D eigenvalue weighted by molar-refractivity contribution is 0.102. The monoisotopic (exact) mass is 332 g/mol. The summed E-state index contributed by atoms with van der Waals surface area (Å²) in [6, 6.07) is 14.0. The molecule has 0 aliphatic heterocycles. The van der Waals surface area contributed by atoms with E-state index >= 15 is 0 Å². The number of para-hydroxylation sites is 1. The van der Waals surface area contributed by atoms with Crippen molar-refractivity contribution in [3.63, 3.8) is 0 Å². The molecule has 2 aromatic carbocycles. The van der Waals surface area contributed by atoms with Gasteiger partial charge < -0.3 is 5.32 Å². The number of hydrogen-bond acceptors (Lipinski definition) is 3. The molecule has 2 aromatic rings. The Bertz CT molecular complexity index is 797. The Balaban J connectivity index is 2.16. The van der Waals surface area contributed by atoms with E-state index in [0.29, 0.717) is 17.2 Å². The van der Waals surface area contributed by atoms with Gasteiger partial charge in [-0.15, -0.1) is 0 Å². The zero-order chi connectivity index (χ0) is 17.0. The van der Waals surface area contributed by atoms with E-state index in [9.17, 15) is 13.2 Å². The number of hydrogen-bond donors (Lipinski definition) is 2. The van der Waals surface area contributed by atoms with Gasteiger partial charge in [0.15, 0.2) is 0 Å². The van der Waals surface area contributed by atoms with Crippen molar-refractivity contribution >= 4 is 27.3 Å². The number of benzene rings is 2. The average molecular weight is 332 g/mol. The molecule has 23 heavy (non-hydrogen) atoms. The number of carbonyl (C=O) groups excluding carboxylic acids is 1. The third-order valence-corrected chi connectivity index (χ3v) is 3.89. The molecule has 0 bridgehead atoms. The third-order valence-electron chi connectivity index (χ3n) is 3.28. The zero-order valence-electron chi connectivity index (χ0n) is 13.3. The Morgan fingerprint density at radius 3 is 2.17 bits per heavy atom. The Hall–Kier alpha value is -2.34. The maximum atomic E-state index is 12.3. The van der Waals surface area contributed by atoms with Crippen LogP contribution in [0, 0.1) is 0 Å². The summed E-state index contributed by atoms with van der Waals surface area (Å²) in [7, 11) is -3.32. The molecule has 0 aliphatic carbocycles. The first-order chi connectivity index (χ1) is 10.8. The van der Waals surface area contributed by atoms with E-state index in [-0.39, 0.29) is 5.91 Å². The molecule has 0 atom stereocenters. The normalized spacial score (nSPS) is 11.3. The van der Waals surface area contributed by atoms with Gasteiger partial charge in [-0.25, -0.2) is 8.42 Å². The van der Waals surface area contributed by atoms with Gasteiger partial charge in [-0.1, -0.05) is 32.0 Å². The summed E-state index contributed by atoms with van der Waals surface area (Å²) in [6.07, 6.45) is 1.08. The summed E-state index contributed by atoms with van der Waals surface area (Å²) < 4.78 is 24.7. The van der Waals surface area contributed by atoms with E-state index in [0.717, 1.165) is 17.5 Å². The molecule has 0 fully saturated rings. The molecule has 122 valence electrons. The molecule has 0 heterocycles. The van der Waals surface area contributed by atoms with Crippen LogP contribution in [0.15, 0.2) is 48.5 Å². The molecule has 0 spiro atoms. The van der Waals surface area contributed by atoms with Crippen LogP contribution in [0.25, 0.3) is 0 Å². The second kappa shape index (κ2) is 6.83. The highest BCUT2D eigenvalue weighted by atomic mass is 32.2. The number of sulfonamides is 1. The van der Waals surface area contributed by atoms with Crippen molar-refractivity contribution in [2.24, 2.45) is 0 Å². The van der Waals surface area contributed by atoms with E-state index in [2.05, 4.69) is 23.9 Å². The quantitative estimate of drug-likeness (QED) is 0.881. The lowest BCUT2D eigenvalue weighted by Gasteiger charge is -2.13. The van der Waals surface area contributed by atoms with E-state index in [1.165, 1.54) is 0 Å². The first-order valence-corrected chi connectivity index (χ1v) is 9.13. The molecule has 2 rings (SSSR count). The summed E-state index contributed by atoms with van der Waals surface area (Å²) in [5, 5.41) is 2.90. The maximum Gasteiger partial charge on any atom is 0.255 e. The molecule has 2 N–H and O–H groups in total. The summed E-state index contributed by atoms with van der Waals surface area (Å²) in [6.45, 7) is 4.13. The number of rotatable bonds is 5. The number of anilines is 2. The lowest BCUT2D eigenvalue weighted by Crippen LogP contribution is -2.14. The second-order valence-electron chi connectivity index (χ2n) is 5.65. The van der Waals surface area contributed by atoms with E-state index in [1.807, 2.05) is 24.3 Å². The van der Waals surface area contributed by atoms with Gasteiger partial charge in [0.25, 0.3) is 5.91 Å². The van der Waals surface area contributed by atoms with E-state index < -0.39 is 10.0 Å². The van der Waals surface area contributed by atoms with Gasteiger partial charge in [0.2, 0.25) is 10.0 Å². The Labute approximate surface area is 136 Å². The van der Waals surface area contributed by atoms with Gasteiger partial charge >= 0.3 is 0 Å². The van der Waals surface area contributed by atoms with Gasteiger partial charge in [0.05, 0.1) is 6.26 Å². The zero-order valence-corrected chi connectivity index (χ0v) is 14.1. The fourth-order valence-corrected chi connectivity index (χ4v) is 2.78. The number of amides is 1. The van der Waals surface area contributed by atoms with Gasteiger partial charge in [-0.3, -0.25) is 9.52 Å². The van der Waals surface area contributed by atoms with Gasteiger partial charge in [0.1, 0.15) is 0 Å². The Kier molecular flexibility index (Phi) is 5.05. The molecule has 6 heteroatoms. The van der Waals surface area contributed by atoms with Crippen LogP contribution >= 0.6 is 0 Å². The van der Waals surface area contributed by atoms with Crippen LogP contribution in [-0.2, 0) is 10.0 Å². The largest absolute Gasteiger partial charge is 0.322 e. The van der Waals surface area contributed by atoms with Gasteiger partial charge in [-0.2, -0.15) is 0 Å². The molecule has 0 unspecified atom stereocenters. The first kappa shape index (κ1) is 17.0. The van der Waals surface area contributed by atoms with E-state index in [4.69, 9.17) is 0 Å². The number of carbonyl (C=O) groups is 1. The SMILES string of the molecule is CC(C)c1ccccc1NC(=O)c1ccc(NS(C)(=O)=O)cc1. The van der Waals surface area contributed by atoms with Crippen molar-refractivity contribution in [2.75, 3.05) is 16.3 Å². The van der Waals surface area contributed by atoms with Crippen LogP contribution in [0.3, 0.4) is 0 Å². The van der Waals surface area contributed by atoms with Crippen LogP contribution in [-0.4, -0.2) is 20.6 Å². The van der Waals surface area contributed by atoms with Gasteiger partial charge in [-0.05, 0) is 41.8 Å². The highest BCUT2D eigenvalue weighted by molar-refractivity contribution is 7.92. The molecule has 0 aromatic heterocycles. The van der Waals surface area contributed by atoms with Crippen molar-refractivity contribution < 1.29 is 13.2 Å². The molecule has 0 saturated carbocycles. The molecule has 0 radical (unpaired) electrons. The van der Waals surface area contributed by atoms with Crippen LogP contribution in [0.4, 0.5) is 11.4 Å². The minimum absolute atomic E-state index is 0.232. The minimum atomic E-state index is -3.32. The molecule has 5 nitrogen and oxygen atoms in total. The van der Waals surface area contributed by atoms with Crippen LogP contribution in [0.5, 0.6) is 0 Å². The topological polar surface area (TPSA) is 75.3 Å². The van der Waals surface area contributed by atoms with E-state index in [1.54, 1.807) is 24.3 Å². The smallest absolute Gasteiger partial charge is 0.255 e. The van der Waals surface area contributed by atoms with Crippen molar-refractivity contribution in [1.29, 1.82) is 0 Å².